The van der Waals surface area contributed by atoms with Gasteiger partial charge in [0.1, 0.15) is 5.75 Å². The summed E-state index contributed by atoms with van der Waals surface area (Å²) in [5.74, 6) is 2.81. The van der Waals surface area contributed by atoms with E-state index < -0.39 is 0 Å². The molecule has 1 aromatic rings. The Bertz CT molecular complexity index is 366. The first-order chi connectivity index (χ1) is 8.29. The summed E-state index contributed by atoms with van der Waals surface area (Å²) in [6.07, 6.45) is 2.61. The Morgan fingerprint density at radius 3 is 3.12 bits per heavy atom. The molecule has 0 radical (unpaired) electrons. The Balaban J connectivity index is 1.95. The van der Waals surface area contributed by atoms with Crippen LogP contribution in [-0.2, 0) is 0 Å². The average Bonchev–Trinajstić information content (AvgIpc) is 2.38. The minimum Gasteiger partial charge on any atom is -0.496 e. The van der Waals surface area contributed by atoms with Crippen molar-refractivity contribution in [3.8, 4) is 5.75 Å². The van der Waals surface area contributed by atoms with E-state index in [9.17, 15) is 0 Å². The summed E-state index contributed by atoms with van der Waals surface area (Å²) in [6.45, 7) is 2.30. The molecule has 2 nitrogen and oxygen atoms in total. The van der Waals surface area contributed by atoms with E-state index in [-0.39, 0.29) is 0 Å². The smallest absolute Gasteiger partial charge is 0.132 e. The molecule has 0 aromatic heterocycles. The Hall–Kier alpha value is -0.380. The van der Waals surface area contributed by atoms with Crippen LogP contribution in [0.25, 0.3) is 0 Å². The fraction of sp³-hybridized carbons (Fsp3) is 0.538. The highest BCUT2D eigenvalue weighted by atomic mass is 35.5. The van der Waals surface area contributed by atoms with Crippen LogP contribution < -0.4 is 10.1 Å². The number of methoxy groups -OCH3 is 1. The summed E-state index contributed by atoms with van der Waals surface area (Å²) in [7, 11) is 1.70. The van der Waals surface area contributed by atoms with Gasteiger partial charge in [0, 0.05) is 10.8 Å². The number of rotatable bonds is 4. The molecule has 94 valence electrons. The number of thioether (sulfide) groups is 1. The molecule has 0 aliphatic carbocycles. The Morgan fingerprint density at radius 2 is 2.41 bits per heavy atom. The van der Waals surface area contributed by atoms with Crippen molar-refractivity contribution in [2.24, 2.45) is 5.92 Å². The first kappa shape index (κ1) is 13.1. The highest BCUT2D eigenvalue weighted by Crippen LogP contribution is 2.33. The molecule has 1 aromatic carbocycles. The van der Waals surface area contributed by atoms with Crippen LogP contribution in [0.3, 0.4) is 0 Å². The zero-order chi connectivity index (χ0) is 12.1. The molecule has 17 heavy (non-hydrogen) atoms. The fourth-order valence-corrected chi connectivity index (χ4v) is 3.48. The molecule has 0 amide bonds. The predicted molar refractivity (Wildman–Crippen MR) is 74.3 cm³/mol. The summed E-state index contributed by atoms with van der Waals surface area (Å²) in [5.41, 5.74) is 0. The molecule has 1 heterocycles. The number of piperidine rings is 1. The minimum absolute atomic E-state index is 0.762. The van der Waals surface area contributed by atoms with Crippen molar-refractivity contribution >= 4 is 23.4 Å². The average molecular weight is 272 g/mol. The third kappa shape index (κ3) is 3.80. The lowest BCUT2D eigenvalue weighted by atomic mass is 10.0. The van der Waals surface area contributed by atoms with E-state index in [1.165, 1.54) is 19.4 Å². The second-order valence-corrected chi connectivity index (χ2v) is 5.82. The van der Waals surface area contributed by atoms with Gasteiger partial charge in [-0.1, -0.05) is 11.6 Å². The summed E-state index contributed by atoms with van der Waals surface area (Å²) in [4.78, 5) is 1.14. The van der Waals surface area contributed by atoms with Crippen LogP contribution in [0, 0.1) is 5.92 Å². The van der Waals surface area contributed by atoms with Crippen LogP contribution in [0.15, 0.2) is 23.1 Å². The van der Waals surface area contributed by atoms with Crippen LogP contribution in [0.1, 0.15) is 12.8 Å². The van der Waals surface area contributed by atoms with Gasteiger partial charge in [-0.25, -0.2) is 0 Å². The van der Waals surface area contributed by atoms with Gasteiger partial charge in [-0.2, -0.15) is 0 Å². The van der Waals surface area contributed by atoms with Crippen molar-refractivity contribution < 1.29 is 4.74 Å². The van der Waals surface area contributed by atoms with E-state index in [0.717, 1.165) is 33.9 Å². The van der Waals surface area contributed by atoms with E-state index in [0.29, 0.717) is 0 Å². The second kappa shape index (κ2) is 6.53. The van der Waals surface area contributed by atoms with Crippen LogP contribution in [0.5, 0.6) is 5.75 Å². The van der Waals surface area contributed by atoms with Crippen molar-refractivity contribution in [3.63, 3.8) is 0 Å². The molecule has 4 heteroatoms. The van der Waals surface area contributed by atoms with E-state index in [2.05, 4.69) is 5.32 Å². The quantitative estimate of drug-likeness (QED) is 0.848. The number of nitrogens with one attached hydrogen (secondary N) is 1. The fourth-order valence-electron chi connectivity index (χ4n) is 2.04. The number of benzene rings is 1. The van der Waals surface area contributed by atoms with Crippen LogP contribution in [0.2, 0.25) is 5.02 Å². The number of hydrogen-bond donors (Lipinski definition) is 1. The Labute approximate surface area is 112 Å². The number of halogens is 1. The second-order valence-electron chi connectivity index (χ2n) is 4.32. The topological polar surface area (TPSA) is 21.3 Å². The molecule has 1 aliphatic rings. The van der Waals surface area contributed by atoms with Gasteiger partial charge in [-0.05, 0) is 50.0 Å². The zero-order valence-electron chi connectivity index (χ0n) is 10.0. The Kier molecular flexibility index (Phi) is 5.01. The number of hydrogen-bond acceptors (Lipinski definition) is 3. The van der Waals surface area contributed by atoms with E-state index in [1.807, 2.05) is 30.0 Å². The van der Waals surface area contributed by atoms with Crippen molar-refractivity contribution in [2.75, 3.05) is 26.0 Å². The SMILES string of the molecule is COc1ccc(Cl)cc1SCC1CCCNC1. The molecule has 1 saturated heterocycles. The highest BCUT2D eigenvalue weighted by Gasteiger charge is 2.14. The lowest BCUT2D eigenvalue weighted by Gasteiger charge is -2.22. The van der Waals surface area contributed by atoms with Gasteiger partial charge < -0.3 is 10.1 Å². The van der Waals surface area contributed by atoms with Crippen molar-refractivity contribution in [1.82, 2.24) is 5.32 Å². The zero-order valence-corrected chi connectivity index (χ0v) is 11.6. The maximum Gasteiger partial charge on any atom is 0.132 e. The molecule has 0 bridgehead atoms. The number of ether oxygens (including phenoxy) is 1. The minimum atomic E-state index is 0.762. The summed E-state index contributed by atoms with van der Waals surface area (Å²) in [5, 5.41) is 4.21. The first-order valence-electron chi connectivity index (χ1n) is 5.96. The van der Waals surface area contributed by atoms with Gasteiger partial charge in [-0.3, -0.25) is 0 Å². The van der Waals surface area contributed by atoms with Crippen LogP contribution in [-0.4, -0.2) is 26.0 Å². The third-order valence-corrected chi connectivity index (χ3v) is 4.50. The maximum absolute atomic E-state index is 6.01. The normalized spacial score (nSPS) is 20.2. The molecule has 1 fully saturated rings. The van der Waals surface area contributed by atoms with Gasteiger partial charge >= 0.3 is 0 Å². The summed E-state index contributed by atoms with van der Waals surface area (Å²) in [6, 6.07) is 5.79. The van der Waals surface area contributed by atoms with Gasteiger partial charge in [-0.15, -0.1) is 11.8 Å². The van der Waals surface area contributed by atoms with E-state index in [4.69, 9.17) is 16.3 Å². The standard InChI is InChI=1S/C13H18ClNOS/c1-16-12-5-4-11(14)7-13(12)17-9-10-3-2-6-15-8-10/h4-5,7,10,15H,2-3,6,8-9H2,1H3. The van der Waals surface area contributed by atoms with Gasteiger partial charge in [0.25, 0.3) is 0 Å². The van der Waals surface area contributed by atoms with Gasteiger partial charge in [0.05, 0.1) is 12.0 Å². The first-order valence-corrected chi connectivity index (χ1v) is 7.33. The van der Waals surface area contributed by atoms with Crippen molar-refractivity contribution in [3.05, 3.63) is 23.2 Å². The molecule has 1 atom stereocenters. The molecule has 1 N–H and O–H groups in total. The molecule has 1 aliphatic heterocycles. The van der Waals surface area contributed by atoms with Crippen LogP contribution >= 0.6 is 23.4 Å². The molecule has 0 spiro atoms. The van der Waals surface area contributed by atoms with E-state index >= 15 is 0 Å². The molecule has 0 saturated carbocycles. The van der Waals surface area contributed by atoms with Crippen molar-refractivity contribution in [2.45, 2.75) is 17.7 Å². The summed E-state index contributed by atoms with van der Waals surface area (Å²) < 4.78 is 5.35. The summed E-state index contributed by atoms with van der Waals surface area (Å²) >= 11 is 7.86. The maximum atomic E-state index is 6.01. The Morgan fingerprint density at radius 1 is 1.53 bits per heavy atom. The highest BCUT2D eigenvalue weighted by molar-refractivity contribution is 7.99. The molecular weight excluding hydrogens is 254 g/mol. The van der Waals surface area contributed by atoms with Crippen molar-refractivity contribution in [1.29, 1.82) is 0 Å². The third-order valence-electron chi connectivity index (χ3n) is 3.00. The van der Waals surface area contributed by atoms with E-state index in [1.54, 1.807) is 7.11 Å². The van der Waals surface area contributed by atoms with Gasteiger partial charge in [0.15, 0.2) is 0 Å². The predicted octanol–water partition coefficient (Wildman–Crippen LogP) is 3.44. The van der Waals surface area contributed by atoms with Gasteiger partial charge in [0.2, 0.25) is 0 Å². The lowest BCUT2D eigenvalue weighted by molar-refractivity contribution is 0.402. The monoisotopic (exact) mass is 271 g/mol. The van der Waals surface area contributed by atoms with Crippen LogP contribution in [0.4, 0.5) is 0 Å². The molecule has 1 unspecified atom stereocenters. The lowest BCUT2D eigenvalue weighted by Crippen LogP contribution is -2.30. The molecule has 2 rings (SSSR count). The molecular formula is C13H18ClNOS. The largest absolute Gasteiger partial charge is 0.496 e.